The first-order valence-electron chi connectivity index (χ1n) is 12.6. The van der Waals surface area contributed by atoms with Gasteiger partial charge in [-0.2, -0.15) is 0 Å². The molecule has 5 nitrogen and oxygen atoms in total. The lowest BCUT2D eigenvalue weighted by Crippen LogP contribution is -2.32. The van der Waals surface area contributed by atoms with Crippen molar-refractivity contribution in [3.8, 4) is 11.1 Å². The van der Waals surface area contributed by atoms with Crippen LogP contribution in [0.4, 0.5) is 10.1 Å². The van der Waals surface area contributed by atoms with Gasteiger partial charge in [-0.05, 0) is 48.6 Å². The Kier molecular flexibility index (Phi) is 8.52. The first kappa shape index (κ1) is 26.0. The number of methoxy groups -OCH3 is 1. The number of para-hydroxylation sites is 1. The molecular formula is C30H35FN2O3. The lowest BCUT2D eigenvalue weighted by Gasteiger charge is -2.29. The van der Waals surface area contributed by atoms with Crippen LogP contribution < -0.4 is 10.6 Å². The number of hydrogen-bond acceptors (Lipinski definition) is 5. The molecule has 4 rings (SSSR count). The van der Waals surface area contributed by atoms with Crippen molar-refractivity contribution in [1.29, 1.82) is 0 Å². The van der Waals surface area contributed by atoms with Gasteiger partial charge in [-0.25, -0.2) is 4.39 Å². The number of aliphatic hydroxyl groups is 1. The Hall–Kier alpha value is -3.06. The Bertz CT molecular complexity index is 1190. The summed E-state index contributed by atoms with van der Waals surface area (Å²) in [6.07, 6.45) is 2.68. The third-order valence-electron chi connectivity index (χ3n) is 7.07. The van der Waals surface area contributed by atoms with E-state index in [2.05, 4.69) is 0 Å². The molecule has 36 heavy (non-hydrogen) atoms. The Balaban J connectivity index is 1.89. The summed E-state index contributed by atoms with van der Waals surface area (Å²) in [4.78, 5) is 14.1. The van der Waals surface area contributed by atoms with Crippen LogP contribution >= 0.6 is 0 Å². The largest absolute Gasteiger partial charge is 0.390 e. The Morgan fingerprint density at radius 3 is 2.56 bits per heavy atom. The topological polar surface area (TPSA) is 75.8 Å². The second-order valence-electron chi connectivity index (χ2n) is 9.65. The van der Waals surface area contributed by atoms with E-state index in [-0.39, 0.29) is 11.7 Å². The molecule has 3 N–H and O–H groups in total. The van der Waals surface area contributed by atoms with Crippen LogP contribution in [0.25, 0.3) is 11.1 Å². The fraction of sp³-hybridized carbons (Fsp3) is 0.367. The number of nitrogens with two attached hydrogens (primary N) is 1. The van der Waals surface area contributed by atoms with Gasteiger partial charge < -0.3 is 20.5 Å². The maximum absolute atomic E-state index is 15.5. The van der Waals surface area contributed by atoms with Crippen molar-refractivity contribution in [2.45, 2.75) is 44.2 Å². The van der Waals surface area contributed by atoms with Gasteiger partial charge >= 0.3 is 0 Å². The fourth-order valence-electron chi connectivity index (χ4n) is 5.33. The van der Waals surface area contributed by atoms with Gasteiger partial charge in [0.15, 0.2) is 6.29 Å². The molecule has 3 atom stereocenters. The number of rotatable bonds is 10. The van der Waals surface area contributed by atoms with Crippen molar-refractivity contribution in [2.24, 2.45) is 5.73 Å². The van der Waals surface area contributed by atoms with Crippen LogP contribution in [0, 0.1) is 12.7 Å². The fourth-order valence-corrected chi connectivity index (χ4v) is 5.33. The number of carbonyl (C=O) groups is 1. The zero-order valence-electron chi connectivity index (χ0n) is 21.0. The van der Waals surface area contributed by atoms with Crippen molar-refractivity contribution < 1.29 is 19.0 Å². The maximum atomic E-state index is 15.5. The lowest BCUT2D eigenvalue weighted by atomic mass is 9.81. The zero-order chi connectivity index (χ0) is 25.7. The van der Waals surface area contributed by atoms with Gasteiger partial charge in [-0.15, -0.1) is 0 Å². The smallest absolute Gasteiger partial charge is 0.152 e. The predicted octanol–water partition coefficient (Wildman–Crippen LogP) is 5.07. The molecule has 1 aliphatic rings. The van der Waals surface area contributed by atoms with E-state index in [0.29, 0.717) is 30.8 Å². The summed E-state index contributed by atoms with van der Waals surface area (Å²) in [7, 11) is 1.69. The van der Waals surface area contributed by atoms with Crippen LogP contribution in [0.3, 0.4) is 0 Å². The highest BCUT2D eigenvalue weighted by molar-refractivity contribution is 5.87. The number of aldehydes is 1. The molecule has 0 amide bonds. The molecule has 1 fully saturated rings. The number of β-amino-alcohol motifs (C(OH)–C–C–N with tert-alkyl or cyclic N) is 1. The third-order valence-corrected chi connectivity index (χ3v) is 7.07. The molecule has 1 aliphatic heterocycles. The van der Waals surface area contributed by atoms with E-state index < -0.39 is 12.1 Å². The van der Waals surface area contributed by atoms with Crippen LogP contribution in [0.1, 0.15) is 52.2 Å². The normalized spacial score (nSPS) is 18.4. The standard InChI is InChI=1S/C30H35FN2O3/c1-20-8-5-9-21(16-20)29-24(12-7-14-26(29)31)23(11-3-4-15-36-2)25-13-6-10-22(19-34)30(25)33-17-27(32)28(35)18-33/h5-10,12-14,16,19,23,27-28,35H,3-4,11,15,17-18,32H2,1-2H3/t23-,27+,28-/m0/s1. The van der Waals surface area contributed by atoms with Crippen LogP contribution in [-0.4, -0.2) is 50.3 Å². The van der Waals surface area contributed by atoms with Crippen molar-refractivity contribution in [3.63, 3.8) is 0 Å². The van der Waals surface area contributed by atoms with E-state index in [4.69, 9.17) is 10.5 Å². The number of unbranched alkanes of at least 4 members (excludes halogenated alkanes) is 1. The van der Waals surface area contributed by atoms with Gasteiger partial charge in [-0.3, -0.25) is 4.79 Å². The number of halogens is 1. The molecular weight excluding hydrogens is 455 g/mol. The van der Waals surface area contributed by atoms with Gasteiger partial charge in [0.1, 0.15) is 5.82 Å². The second-order valence-corrected chi connectivity index (χ2v) is 9.65. The van der Waals surface area contributed by atoms with Crippen LogP contribution in [0.5, 0.6) is 0 Å². The highest BCUT2D eigenvalue weighted by Gasteiger charge is 2.33. The number of aliphatic hydroxyl groups excluding tert-OH is 1. The van der Waals surface area contributed by atoms with Crippen LogP contribution in [-0.2, 0) is 4.74 Å². The van der Waals surface area contributed by atoms with Crippen molar-refractivity contribution in [2.75, 3.05) is 31.7 Å². The van der Waals surface area contributed by atoms with Crippen molar-refractivity contribution in [1.82, 2.24) is 0 Å². The van der Waals surface area contributed by atoms with Crippen molar-refractivity contribution in [3.05, 3.63) is 88.7 Å². The number of hydrogen-bond donors (Lipinski definition) is 2. The molecule has 0 saturated carbocycles. The van der Waals surface area contributed by atoms with Crippen molar-refractivity contribution >= 4 is 12.0 Å². The molecule has 190 valence electrons. The quantitative estimate of drug-likeness (QED) is 0.307. The maximum Gasteiger partial charge on any atom is 0.152 e. The van der Waals surface area contributed by atoms with Crippen LogP contribution in [0.2, 0.25) is 0 Å². The summed E-state index contributed by atoms with van der Waals surface area (Å²) < 4.78 is 20.8. The number of aryl methyl sites for hydroxylation is 1. The Labute approximate surface area is 212 Å². The van der Waals surface area contributed by atoms with Gasteiger partial charge in [0.05, 0.1) is 11.8 Å². The predicted molar refractivity (Wildman–Crippen MR) is 142 cm³/mol. The van der Waals surface area contributed by atoms with E-state index in [9.17, 15) is 9.90 Å². The lowest BCUT2D eigenvalue weighted by molar-refractivity contribution is 0.112. The molecule has 0 radical (unpaired) electrons. The van der Waals surface area contributed by atoms with Gasteiger partial charge in [0.25, 0.3) is 0 Å². The molecule has 0 aromatic heterocycles. The van der Waals surface area contributed by atoms with Crippen LogP contribution in [0.15, 0.2) is 60.7 Å². The highest BCUT2D eigenvalue weighted by atomic mass is 19.1. The average Bonchev–Trinajstić information content (AvgIpc) is 3.21. The Morgan fingerprint density at radius 1 is 1.11 bits per heavy atom. The average molecular weight is 491 g/mol. The summed E-state index contributed by atoms with van der Waals surface area (Å²) in [5.74, 6) is -0.441. The third kappa shape index (κ3) is 5.51. The minimum Gasteiger partial charge on any atom is -0.390 e. The van der Waals surface area contributed by atoms with E-state index >= 15 is 4.39 Å². The second kappa shape index (κ2) is 11.8. The molecule has 6 heteroatoms. The summed E-state index contributed by atoms with van der Waals surface area (Å²) >= 11 is 0. The number of benzene rings is 3. The number of carbonyl (C=O) groups excluding carboxylic acids is 1. The molecule has 0 aliphatic carbocycles. The summed E-state index contributed by atoms with van der Waals surface area (Å²) in [6, 6.07) is 18.4. The number of ether oxygens (including phenoxy) is 1. The molecule has 3 aromatic rings. The number of anilines is 1. The van der Waals surface area contributed by atoms with E-state index in [1.54, 1.807) is 19.2 Å². The molecule has 3 aromatic carbocycles. The molecule has 0 spiro atoms. The number of nitrogens with zero attached hydrogens (tertiary/aromatic N) is 1. The first-order valence-corrected chi connectivity index (χ1v) is 12.6. The Morgan fingerprint density at radius 2 is 1.86 bits per heavy atom. The summed E-state index contributed by atoms with van der Waals surface area (Å²) in [5.41, 5.74) is 11.8. The minimum atomic E-state index is -0.672. The first-order chi connectivity index (χ1) is 17.4. The van der Waals surface area contributed by atoms with Gasteiger partial charge in [-0.1, -0.05) is 60.5 Å². The summed E-state index contributed by atoms with van der Waals surface area (Å²) in [6.45, 7) is 3.45. The molecule has 0 bridgehead atoms. The summed E-state index contributed by atoms with van der Waals surface area (Å²) in [5, 5.41) is 10.4. The molecule has 1 heterocycles. The van der Waals surface area contributed by atoms with E-state index in [1.807, 2.05) is 54.3 Å². The van der Waals surface area contributed by atoms with Gasteiger partial charge in [0.2, 0.25) is 0 Å². The molecule has 0 unspecified atom stereocenters. The SMILES string of the molecule is COCCCC[C@@H](c1cccc(F)c1-c1cccc(C)c1)c1cccc(C=O)c1N1C[C@@H](N)[C@@H](O)C1. The van der Waals surface area contributed by atoms with E-state index in [1.165, 1.54) is 6.07 Å². The van der Waals surface area contributed by atoms with Gasteiger partial charge in [0, 0.05) is 49.9 Å². The van der Waals surface area contributed by atoms with E-state index in [0.717, 1.165) is 53.5 Å². The minimum absolute atomic E-state index is 0.170. The highest BCUT2D eigenvalue weighted by Crippen LogP contribution is 2.43. The monoisotopic (exact) mass is 490 g/mol. The zero-order valence-corrected chi connectivity index (χ0v) is 21.0. The molecule has 1 saturated heterocycles.